The van der Waals surface area contributed by atoms with E-state index in [0.717, 1.165) is 0 Å². The van der Waals surface area contributed by atoms with E-state index in [1.165, 1.54) is 0 Å². The smallest absolute Gasteiger partial charge is 0.443 e. The van der Waals surface area contributed by atoms with Crippen LogP contribution in [0.15, 0.2) is 17.0 Å². The van der Waals surface area contributed by atoms with Gasteiger partial charge in [0, 0.05) is 5.75 Å². The molecule has 0 aliphatic rings. The minimum absolute atomic E-state index is 0.0746. The normalized spacial score (nSPS) is 16.3. The van der Waals surface area contributed by atoms with E-state index in [1.807, 2.05) is 6.92 Å². The fraction of sp³-hybridized carbons (Fsp3) is 0.700. The molecular weight excluding hydrogens is 228 g/mol. The van der Waals surface area contributed by atoms with Crippen LogP contribution in [0.3, 0.4) is 0 Å². The van der Waals surface area contributed by atoms with E-state index in [-0.39, 0.29) is 17.8 Å². The minimum Gasteiger partial charge on any atom is -0.445 e. The van der Waals surface area contributed by atoms with Crippen LogP contribution in [0.4, 0.5) is 4.79 Å². The molecule has 0 aromatic heterocycles. The van der Waals surface area contributed by atoms with E-state index in [4.69, 9.17) is 9.88 Å². The quantitative estimate of drug-likeness (QED) is 0.756. The lowest BCUT2D eigenvalue weighted by atomic mass is 10.1. The lowest BCUT2D eigenvalue weighted by Gasteiger charge is -2.10. The number of ether oxygens (including phenoxy) is 1. The molecule has 16 heavy (non-hydrogen) atoms. The lowest BCUT2D eigenvalue weighted by Crippen LogP contribution is -2.23. The highest BCUT2D eigenvalue weighted by Gasteiger charge is 2.12. The molecular formula is C10H20N2O3S. The molecule has 0 aliphatic heterocycles. The maximum Gasteiger partial charge on any atom is 0.443 e. The summed E-state index contributed by atoms with van der Waals surface area (Å²) in [5.74, 6) is 0.234. The van der Waals surface area contributed by atoms with E-state index < -0.39 is 16.0 Å². The molecule has 0 spiro atoms. The number of carbonyl (C=O) groups is 1. The zero-order chi connectivity index (χ0) is 12.8. The molecule has 0 saturated heterocycles. The van der Waals surface area contributed by atoms with Gasteiger partial charge in [-0.1, -0.05) is 13.0 Å². The van der Waals surface area contributed by atoms with E-state index in [2.05, 4.69) is 10.9 Å². The SMILES string of the molecule is C=CC[C@H](C)CS(N)(=O)=NC(=O)OC(C)C. The standard InChI is InChI=1S/C10H20N2O3S/c1-5-6-9(4)7-16(11,14)12-10(13)15-8(2)3/h5,8-9H,1,6-7H2,2-4H3,(H2,11,12,13,14)/t9-,16?/m0/s1. The Balaban J connectivity index is 4.52. The zero-order valence-electron chi connectivity index (χ0n) is 10.0. The van der Waals surface area contributed by atoms with Crippen molar-refractivity contribution in [1.29, 1.82) is 0 Å². The van der Waals surface area contributed by atoms with Gasteiger partial charge in [0.1, 0.15) is 9.92 Å². The Morgan fingerprint density at radius 1 is 1.56 bits per heavy atom. The highest BCUT2D eigenvalue weighted by Crippen LogP contribution is 2.06. The summed E-state index contributed by atoms with van der Waals surface area (Å²) < 4.78 is 19.9. The summed E-state index contributed by atoms with van der Waals surface area (Å²) in [5.41, 5.74) is 0. The van der Waals surface area contributed by atoms with Crippen LogP contribution in [-0.4, -0.2) is 22.2 Å². The van der Waals surface area contributed by atoms with Crippen LogP contribution >= 0.6 is 0 Å². The van der Waals surface area contributed by atoms with E-state index in [1.54, 1.807) is 19.9 Å². The summed E-state index contributed by atoms with van der Waals surface area (Å²) >= 11 is 0. The van der Waals surface area contributed by atoms with Gasteiger partial charge in [-0.25, -0.2) is 14.1 Å². The second-order valence-corrected chi connectivity index (χ2v) is 5.91. The van der Waals surface area contributed by atoms with Gasteiger partial charge in [-0.05, 0) is 26.2 Å². The van der Waals surface area contributed by atoms with Crippen LogP contribution in [0.2, 0.25) is 0 Å². The Bertz CT molecular complexity index is 357. The van der Waals surface area contributed by atoms with Crippen LogP contribution in [0.5, 0.6) is 0 Å². The molecule has 5 nitrogen and oxygen atoms in total. The van der Waals surface area contributed by atoms with Crippen LogP contribution in [0, 0.1) is 5.92 Å². The molecule has 0 aliphatic carbocycles. The van der Waals surface area contributed by atoms with Crippen LogP contribution in [0.1, 0.15) is 27.2 Å². The molecule has 0 saturated carbocycles. The van der Waals surface area contributed by atoms with Crippen molar-refractivity contribution in [2.24, 2.45) is 15.4 Å². The Morgan fingerprint density at radius 3 is 2.56 bits per heavy atom. The van der Waals surface area contributed by atoms with Gasteiger partial charge in [-0.15, -0.1) is 10.9 Å². The lowest BCUT2D eigenvalue weighted by molar-refractivity contribution is 0.126. The molecule has 0 rings (SSSR count). The third-order valence-electron chi connectivity index (χ3n) is 1.66. The maximum atomic E-state index is 11.7. The third-order valence-corrected chi connectivity index (χ3v) is 3.16. The number of rotatable bonds is 5. The van der Waals surface area contributed by atoms with Crippen LogP contribution in [-0.2, 0) is 14.7 Å². The van der Waals surface area contributed by atoms with Crippen LogP contribution in [0.25, 0.3) is 0 Å². The van der Waals surface area contributed by atoms with Crippen molar-refractivity contribution in [2.75, 3.05) is 5.75 Å². The van der Waals surface area contributed by atoms with E-state index in [9.17, 15) is 9.00 Å². The van der Waals surface area contributed by atoms with E-state index in [0.29, 0.717) is 6.42 Å². The first-order chi connectivity index (χ1) is 7.26. The summed E-state index contributed by atoms with van der Waals surface area (Å²) in [4.78, 5) is 11.1. The summed E-state index contributed by atoms with van der Waals surface area (Å²) in [5, 5.41) is 5.45. The van der Waals surface area contributed by atoms with Gasteiger partial charge in [0.05, 0.1) is 6.10 Å². The Labute approximate surface area is 97.4 Å². The predicted molar refractivity (Wildman–Crippen MR) is 65.2 cm³/mol. The van der Waals surface area contributed by atoms with Gasteiger partial charge in [0.2, 0.25) is 0 Å². The van der Waals surface area contributed by atoms with Crippen molar-refractivity contribution in [3.63, 3.8) is 0 Å². The van der Waals surface area contributed by atoms with Gasteiger partial charge in [-0.3, -0.25) is 0 Å². The second-order valence-electron chi connectivity index (χ2n) is 4.01. The summed E-state index contributed by atoms with van der Waals surface area (Å²) in [7, 11) is -3.00. The van der Waals surface area contributed by atoms with Gasteiger partial charge >= 0.3 is 6.09 Å². The fourth-order valence-electron chi connectivity index (χ4n) is 1.15. The number of hydrogen-bond acceptors (Lipinski definition) is 3. The molecule has 0 aromatic rings. The highest BCUT2D eigenvalue weighted by molar-refractivity contribution is 7.91. The second kappa shape index (κ2) is 6.65. The first-order valence-electron chi connectivity index (χ1n) is 5.11. The molecule has 1 amide bonds. The van der Waals surface area contributed by atoms with Gasteiger partial charge < -0.3 is 4.74 Å². The Morgan fingerprint density at radius 2 is 2.12 bits per heavy atom. The van der Waals surface area contributed by atoms with Crippen molar-refractivity contribution in [2.45, 2.75) is 33.3 Å². The Hall–Kier alpha value is -0.880. The first-order valence-corrected chi connectivity index (χ1v) is 6.85. The minimum atomic E-state index is -3.00. The van der Waals surface area contributed by atoms with Crippen molar-refractivity contribution in [3.8, 4) is 0 Å². The molecule has 2 N–H and O–H groups in total. The summed E-state index contributed by atoms with van der Waals surface area (Å²) in [6.07, 6.45) is 1.24. The number of hydrogen-bond donors (Lipinski definition) is 1. The predicted octanol–water partition coefficient (Wildman–Crippen LogP) is 2.09. The molecule has 0 aromatic carbocycles. The maximum absolute atomic E-state index is 11.7. The van der Waals surface area contributed by atoms with Gasteiger partial charge in [0.15, 0.2) is 0 Å². The molecule has 0 radical (unpaired) electrons. The monoisotopic (exact) mass is 248 g/mol. The van der Waals surface area contributed by atoms with Crippen molar-refractivity contribution in [3.05, 3.63) is 12.7 Å². The Kier molecular flexibility index (Phi) is 6.28. The number of nitrogens with zero attached hydrogens (tertiary/aromatic N) is 1. The molecule has 6 heteroatoms. The van der Waals surface area contributed by atoms with Gasteiger partial charge in [0.25, 0.3) is 0 Å². The topological polar surface area (TPSA) is 81.8 Å². The average molecular weight is 248 g/mol. The van der Waals surface area contributed by atoms with Crippen LogP contribution < -0.4 is 5.14 Å². The fourth-order valence-corrected chi connectivity index (χ4v) is 2.47. The zero-order valence-corrected chi connectivity index (χ0v) is 10.8. The molecule has 2 atom stereocenters. The van der Waals surface area contributed by atoms with Crippen molar-refractivity contribution < 1.29 is 13.7 Å². The highest BCUT2D eigenvalue weighted by atomic mass is 32.2. The molecule has 0 fully saturated rings. The van der Waals surface area contributed by atoms with Gasteiger partial charge in [-0.2, -0.15) is 0 Å². The molecule has 0 bridgehead atoms. The number of allylic oxidation sites excluding steroid dienone is 1. The first kappa shape index (κ1) is 15.1. The summed E-state index contributed by atoms with van der Waals surface area (Å²) in [6.45, 7) is 8.82. The number of carbonyl (C=O) groups excluding carboxylic acids is 1. The number of amides is 1. The van der Waals surface area contributed by atoms with Crippen molar-refractivity contribution in [1.82, 2.24) is 0 Å². The average Bonchev–Trinajstić information content (AvgIpc) is 1.98. The number of nitrogens with two attached hydrogens (primary N) is 1. The van der Waals surface area contributed by atoms with E-state index >= 15 is 0 Å². The molecule has 1 unspecified atom stereocenters. The molecule has 94 valence electrons. The molecule has 0 heterocycles. The third kappa shape index (κ3) is 7.42. The summed E-state index contributed by atoms with van der Waals surface area (Å²) in [6, 6.07) is 0. The van der Waals surface area contributed by atoms with Crippen molar-refractivity contribution >= 4 is 16.0 Å². The largest absolute Gasteiger partial charge is 0.445 e.